The molecule has 8 atom stereocenters. The molecule has 0 aromatic heterocycles. The van der Waals surface area contributed by atoms with Crippen LogP contribution in [0.3, 0.4) is 0 Å². The quantitative estimate of drug-likeness (QED) is 0.609. The molecular formula is C24H32O8. The van der Waals surface area contributed by atoms with Gasteiger partial charge in [-0.05, 0) is 30.6 Å². The van der Waals surface area contributed by atoms with E-state index in [-0.39, 0.29) is 17.1 Å². The molecule has 2 fully saturated rings. The fraction of sp³-hybridized carbons (Fsp3) is 0.750. The number of fused-ring (bicyclic) bond motifs is 2. The number of hydrogen-bond acceptors (Lipinski definition) is 8. The zero-order valence-electron chi connectivity index (χ0n) is 19.4. The summed E-state index contributed by atoms with van der Waals surface area (Å²) in [7, 11) is 0. The second kappa shape index (κ2) is 6.97. The molecule has 1 spiro atoms. The molecule has 0 bridgehead atoms. The van der Waals surface area contributed by atoms with Gasteiger partial charge in [0.2, 0.25) is 5.78 Å². The van der Waals surface area contributed by atoms with Crippen molar-refractivity contribution in [3.8, 4) is 0 Å². The van der Waals surface area contributed by atoms with Crippen LogP contribution >= 0.6 is 0 Å². The highest BCUT2D eigenvalue weighted by Crippen LogP contribution is 2.67. The average Bonchev–Trinajstić information content (AvgIpc) is 3.34. The predicted octanol–water partition coefficient (Wildman–Crippen LogP) is 1.50. The molecule has 0 aromatic rings. The lowest BCUT2D eigenvalue weighted by Gasteiger charge is -2.60. The van der Waals surface area contributed by atoms with Crippen LogP contribution in [-0.4, -0.2) is 58.1 Å². The standard InChI is InChI=1S/C24H32O8/c1-10-9-24(10)20(30)14-15(17(29)21(24)32-12(3)26)23(6)8-7-13(27)22(4,5)19(23)18(16(14)28)31-11(2)25/h10,13,16,18-19,21,27-28H,7-9H2,1-6H3/t10-,13-,16+,18+,19+,21-,23+,24-/m0/s1. The number of ketones is 2. The summed E-state index contributed by atoms with van der Waals surface area (Å²) in [5.74, 6) is -2.94. The van der Waals surface area contributed by atoms with Crippen LogP contribution in [0.15, 0.2) is 11.1 Å². The largest absolute Gasteiger partial charge is 0.459 e. The zero-order valence-corrected chi connectivity index (χ0v) is 19.4. The first-order valence-electron chi connectivity index (χ1n) is 11.3. The van der Waals surface area contributed by atoms with Crippen molar-refractivity contribution < 1.29 is 38.9 Å². The van der Waals surface area contributed by atoms with Crippen LogP contribution < -0.4 is 0 Å². The van der Waals surface area contributed by atoms with Gasteiger partial charge in [0.1, 0.15) is 12.2 Å². The lowest BCUT2D eigenvalue weighted by molar-refractivity contribution is -0.192. The van der Waals surface area contributed by atoms with Crippen LogP contribution in [-0.2, 0) is 28.7 Å². The van der Waals surface area contributed by atoms with Gasteiger partial charge in [0.05, 0.1) is 11.5 Å². The molecule has 0 aromatic carbocycles. The third kappa shape index (κ3) is 2.81. The molecule has 0 radical (unpaired) electrons. The first-order valence-corrected chi connectivity index (χ1v) is 11.3. The molecule has 2 saturated carbocycles. The van der Waals surface area contributed by atoms with Crippen LogP contribution in [0.5, 0.6) is 0 Å². The maximum absolute atomic E-state index is 13.9. The van der Waals surface area contributed by atoms with E-state index in [1.54, 1.807) is 0 Å². The Labute approximate surface area is 187 Å². The molecule has 176 valence electrons. The molecule has 4 rings (SSSR count). The van der Waals surface area contributed by atoms with E-state index in [1.807, 2.05) is 27.7 Å². The highest BCUT2D eigenvalue weighted by Gasteiger charge is 2.74. The van der Waals surface area contributed by atoms with Gasteiger partial charge in [-0.1, -0.05) is 27.7 Å². The minimum Gasteiger partial charge on any atom is -0.459 e. The number of Topliss-reactive ketones (excluding diaryl/α,β-unsaturated/α-hetero) is 2. The van der Waals surface area contributed by atoms with Gasteiger partial charge >= 0.3 is 11.9 Å². The highest BCUT2D eigenvalue weighted by molar-refractivity contribution is 6.20. The van der Waals surface area contributed by atoms with Gasteiger partial charge in [0.25, 0.3) is 0 Å². The molecule has 32 heavy (non-hydrogen) atoms. The summed E-state index contributed by atoms with van der Waals surface area (Å²) in [6.07, 6.45) is -3.46. The van der Waals surface area contributed by atoms with Crippen molar-refractivity contribution in [3.05, 3.63) is 11.1 Å². The number of carbonyl (C=O) groups is 4. The van der Waals surface area contributed by atoms with Crippen LogP contribution in [0.25, 0.3) is 0 Å². The fourth-order valence-corrected chi connectivity index (χ4v) is 7.04. The second-order valence-electron chi connectivity index (χ2n) is 10.9. The molecule has 8 nitrogen and oxygen atoms in total. The maximum Gasteiger partial charge on any atom is 0.303 e. The summed E-state index contributed by atoms with van der Waals surface area (Å²) >= 11 is 0. The molecule has 0 amide bonds. The Bertz CT molecular complexity index is 948. The lowest BCUT2D eigenvalue weighted by atomic mass is 9.45. The van der Waals surface area contributed by atoms with Gasteiger partial charge in [-0.25, -0.2) is 0 Å². The number of ether oxygens (including phenoxy) is 2. The van der Waals surface area contributed by atoms with Gasteiger partial charge in [0, 0.05) is 36.3 Å². The minimum absolute atomic E-state index is 0.0139. The first kappa shape index (κ1) is 23.1. The summed E-state index contributed by atoms with van der Waals surface area (Å²) < 4.78 is 11.0. The van der Waals surface area contributed by atoms with Crippen LogP contribution in [0, 0.1) is 28.1 Å². The Morgan fingerprint density at radius 1 is 1.03 bits per heavy atom. The van der Waals surface area contributed by atoms with E-state index in [9.17, 15) is 29.4 Å². The van der Waals surface area contributed by atoms with E-state index in [2.05, 4.69) is 0 Å². The third-order valence-corrected chi connectivity index (χ3v) is 8.63. The predicted molar refractivity (Wildman–Crippen MR) is 111 cm³/mol. The molecule has 4 aliphatic carbocycles. The molecule has 4 aliphatic rings. The molecule has 0 heterocycles. The Morgan fingerprint density at radius 2 is 1.59 bits per heavy atom. The van der Waals surface area contributed by atoms with Gasteiger partial charge < -0.3 is 19.7 Å². The van der Waals surface area contributed by atoms with Crippen LogP contribution in [0.4, 0.5) is 0 Å². The first-order chi connectivity index (χ1) is 14.7. The van der Waals surface area contributed by atoms with Crippen molar-refractivity contribution in [2.24, 2.45) is 28.1 Å². The van der Waals surface area contributed by atoms with Gasteiger partial charge in [-0.15, -0.1) is 0 Å². The molecule has 8 heteroatoms. The third-order valence-electron chi connectivity index (χ3n) is 8.63. The van der Waals surface area contributed by atoms with E-state index >= 15 is 0 Å². The van der Waals surface area contributed by atoms with Gasteiger partial charge in [-0.3, -0.25) is 19.2 Å². The summed E-state index contributed by atoms with van der Waals surface area (Å²) in [4.78, 5) is 51.6. The SMILES string of the molecule is CC(=O)O[C@@H]1[C@H](O)C2=C(C(=O)[C@H](OC(C)=O)[C@]3(C[C@@H]3C)C2=O)[C@@]2(C)CC[C@H](O)C(C)(C)[C@@H]12. The van der Waals surface area contributed by atoms with Crippen molar-refractivity contribution in [3.63, 3.8) is 0 Å². The summed E-state index contributed by atoms with van der Waals surface area (Å²) in [5, 5.41) is 22.2. The Kier molecular flexibility index (Phi) is 5.03. The van der Waals surface area contributed by atoms with Gasteiger partial charge in [0.15, 0.2) is 11.9 Å². The minimum atomic E-state index is -1.50. The zero-order chi connectivity index (χ0) is 24.0. The van der Waals surface area contributed by atoms with Crippen molar-refractivity contribution in [1.82, 2.24) is 0 Å². The van der Waals surface area contributed by atoms with Crippen LogP contribution in [0.1, 0.15) is 60.8 Å². The molecular weight excluding hydrogens is 416 g/mol. The Hall–Kier alpha value is -2.06. The lowest BCUT2D eigenvalue weighted by Crippen LogP contribution is -2.66. The monoisotopic (exact) mass is 448 g/mol. The number of esters is 2. The normalized spacial score (nSPS) is 44.6. The molecule has 0 unspecified atom stereocenters. The van der Waals surface area contributed by atoms with E-state index in [0.717, 1.165) is 0 Å². The Balaban J connectivity index is 1.97. The van der Waals surface area contributed by atoms with E-state index in [0.29, 0.717) is 19.3 Å². The number of hydrogen-bond donors (Lipinski definition) is 2. The molecule has 0 saturated heterocycles. The molecule has 0 aliphatic heterocycles. The summed E-state index contributed by atoms with van der Waals surface area (Å²) in [6.45, 7) is 9.72. The summed E-state index contributed by atoms with van der Waals surface area (Å²) in [6, 6.07) is 0. The van der Waals surface area contributed by atoms with E-state index < -0.39 is 70.1 Å². The van der Waals surface area contributed by atoms with Crippen molar-refractivity contribution >= 4 is 23.5 Å². The number of aliphatic hydroxyl groups excluding tert-OH is 2. The van der Waals surface area contributed by atoms with Crippen LogP contribution in [0.2, 0.25) is 0 Å². The van der Waals surface area contributed by atoms with Crippen molar-refractivity contribution in [2.45, 2.75) is 85.2 Å². The number of aliphatic hydroxyl groups is 2. The van der Waals surface area contributed by atoms with Crippen molar-refractivity contribution in [2.75, 3.05) is 0 Å². The number of rotatable bonds is 2. The highest BCUT2D eigenvalue weighted by atomic mass is 16.6. The topological polar surface area (TPSA) is 127 Å². The number of carbonyl (C=O) groups excluding carboxylic acids is 4. The second-order valence-corrected chi connectivity index (χ2v) is 10.9. The smallest absolute Gasteiger partial charge is 0.303 e. The fourth-order valence-electron chi connectivity index (χ4n) is 7.04. The summed E-state index contributed by atoms with van der Waals surface area (Å²) in [5.41, 5.74) is -2.81. The van der Waals surface area contributed by atoms with E-state index in [4.69, 9.17) is 9.47 Å². The van der Waals surface area contributed by atoms with Gasteiger partial charge in [-0.2, -0.15) is 0 Å². The average molecular weight is 449 g/mol. The molecule has 2 N–H and O–H groups in total. The Morgan fingerprint density at radius 3 is 2.09 bits per heavy atom. The maximum atomic E-state index is 13.9. The van der Waals surface area contributed by atoms with E-state index in [1.165, 1.54) is 13.8 Å². The van der Waals surface area contributed by atoms with Crippen molar-refractivity contribution in [1.29, 1.82) is 0 Å².